The number of aromatic nitrogens is 3. The van der Waals surface area contributed by atoms with Gasteiger partial charge in [0.2, 0.25) is 10.0 Å². The molecule has 0 aliphatic heterocycles. The normalized spacial score (nSPS) is 11.5. The molecule has 0 unspecified atom stereocenters. The first-order chi connectivity index (χ1) is 15.0. The maximum absolute atomic E-state index is 12.5. The second-order valence-electron chi connectivity index (χ2n) is 6.84. The predicted octanol–water partition coefficient (Wildman–Crippen LogP) is 2.65. The fraction of sp³-hybridized carbons (Fsp3) is 0.136. The molecule has 4 rings (SSSR count). The third kappa shape index (κ3) is 4.47. The Morgan fingerprint density at radius 2 is 1.87 bits per heavy atom. The van der Waals surface area contributed by atoms with Gasteiger partial charge in [-0.05, 0) is 42.0 Å². The van der Waals surface area contributed by atoms with Crippen LogP contribution in [0, 0.1) is 0 Å². The minimum atomic E-state index is -3.62. The van der Waals surface area contributed by atoms with Gasteiger partial charge in [-0.3, -0.25) is 9.36 Å². The van der Waals surface area contributed by atoms with Crippen molar-refractivity contribution in [2.75, 3.05) is 6.54 Å². The molecule has 0 saturated carbocycles. The Morgan fingerprint density at radius 3 is 2.65 bits per heavy atom. The highest BCUT2D eigenvalue weighted by Gasteiger charge is 2.15. The molecule has 9 heteroatoms. The van der Waals surface area contributed by atoms with Crippen LogP contribution in [0.1, 0.15) is 22.8 Å². The zero-order valence-electron chi connectivity index (χ0n) is 16.8. The standard InChI is InChI=1S/C22H21N5O3S/c1-2-26-31(29,30)18-7-5-6-17(12-18)22(28)24-14-16-10-11-21(23-13-16)27-15-25-19-8-3-4-9-20(19)27/h3-13,15,26H,2,14H2,1H3,(H,24,28). The number of imidazole rings is 1. The van der Waals surface area contributed by atoms with Crippen molar-refractivity contribution in [1.82, 2.24) is 24.6 Å². The molecule has 1 amide bonds. The van der Waals surface area contributed by atoms with E-state index in [0.29, 0.717) is 0 Å². The highest BCUT2D eigenvalue weighted by molar-refractivity contribution is 7.89. The van der Waals surface area contributed by atoms with E-state index in [1.807, 2.05) is 41.0 Å². The van der Waals surface area contributed by atoms with E-state index in [0.717, 1.165) is 22.4 Å². The lowest BCUT2D eigenvalue weighted by Crippen LogP contribution is -2.25. The lowest BCUT2D eigenvalue weighted by Gasteiger charge is -2.09. The number of nitrogens with one attached hydrogen (secondary N) is 2. The Morgan fingerprint density at radius 1 is 1.03 bits per heavy atom. The van der Waals surface area contributed by atoms with Crippen LogP contribution in [0.15, 0.2) is 78.1 Å². The Labute approximate surface area is 180 Å². The summed E-state index contributed by atoms with van der Waals surface area (Å²) in [6.07, 6.45) is 3.42. The van der Waals surface area contributed by atoms with Crippen molar-refractivity contribution in [3.8, 4) is 5.82 Å². The molecular weight excluding hydrogens is 414 g/mol. The molecule has 0 spiro atoms. The largest absolute Gasteiger partial charge is 0.348 e. The number of fused-ring (bicyclic) bond motifs is 1. The molecule has 2 N–H and O–H groups in total. The van der Waals surface area contributed by atoms with E-state index >= 15 is 0 Å². The van der Waals surface area contributed by atoms with Gasteiger partial charge in [-0.25, -0.2) is 23.1 Å². The van der Waals surface area contributed by atoms with Crippen molar-refractivity contribution in [1.29, 1.82) is 0 Å². The van der Waals surface area contributed by atoms with E-state index in [2.05, 4.69) is 20.0 Å². The van der Waals surface area contributed by atoms with E-state index in [9.17, 15) is 13.2 Å². The molecule has 0 aliphatic carbocycles. The maximum Gasteiger partial charge on any atom is 0.251 e. The molecule has 0 atom stereocenters. The Bertz CT molecular complexity index is 1330. The first-order valence-corrected chi connectivity index (χ1v) is 11.2. The monoisotopic (exact) mass is 435 g/mol. The van der Waals surface area contributed by atoms with Crippen LogP contribution < -0.4 is 10.0 Å². The summed E-state index contributed by atoms with van der Waals surface area (Å²) in [6.45, 7) is 2.24. The number of carbonyl (C=O) groups excluding carboxylic acids is 1. The molecule has 4 aromatic rings. The molecule has 2 aromatic heterocycles. The second kappa shape index (κ2) is 8.66. The van der Waals surface area contributed by atoms with Crippen LogP contribution in [-0.2, 0) is 16.6 Å². The van der Waals surface area contributed by atoms with Crippen molar-refractivity contribution in [2.24, 2.45) is 0 Å². The van der Waals surface area contributed by atoms with Crippen molar-refractivity contribution in [3.05, 3.63) is 84.3 Å². The zero-order chi connectivity index (χ0) is 21.8. The number of amides is 1. The van der Waals surface area contributed by atoms with Gasteiger partial charge in [0.15, 0.2) is 0 Å². The van der Waals surface area contributed by atoms with Gasteiger partial charge in [0.05, 0.1) is 15.9 Å². The van der Waals surface area contributed by atoms with Gasteiger partial charge in [-0.1, -0.05) is 31.2 Å². The van der Waals surface area contributed by atoms with E-state index in [4.69, 9.17) is 0 Å². The average Bonchev–Trinajstić information content (AvgIpc) is 3.22. The van der Waals surface area contributed by atoms with Crippen LogP contribution >= 0.6 is 0 Å². The summed E-state index contributed by atoms with van der Waals surface area (Å²) in [5.74, 6) is 0.364. The Kier molecular flexibility index (Phi) is 5.79. The van der Waals surface area contributed by atoms with Crippen LogP contribution in [0.2, 0.25) is 0 Å². The maximum atomic E-state index is 12.5. The Balaban J connectivity index is 1.45. The molecule has 2 aromatic carbocycles. The summed E-state index contributed by atoms with van der Waals surface area (Å²) in [5.41, 5.74) is 2.94. The van der Waals surface area contributed by atoms with Crippen LogP contribution in [0.5, 0.6) is 0 Å². The highest BCUT2D eigenvalue weighted by Crippen LogP contribution is 2.16. The van der Waals surface area contributed by atoms with Gasteiger partial charge in [0.1, 0.15) is 12.1 Å². The van der Waals surface area contributed by atoms with Crippen molar-refractivity contribution >= 4 is 27.0 Å². The first-order valence-electron chi connectivity index (χ1n) is 9.73. The SMILES string of the molecule is CCNS(=O)(=O)c1cccc(C(=O)NCc2ccc(-n3cnc4ccccc43)nc2)c1. The van der Waals surface area contributed by atoms with Crippen LogP contribution in [0.25, 0.3) is 16.9 Å². The van der Waals surface area contributed by atoms with Crippen molar-refractivity contribution in [3.63, 3.8) is 0 Å². The van der Waals surface area contributed by atoms with Gasteiger partial charge in [0, 0.05) is 24.8 Å². The number of pyridine rings is 1. The molecule has 31 heavy (non-hydrogen) atoms. The lowest BCUT2D eigenvalue weighted by molar-refractivity contribution is 0.0950. The molecule has 8 nitrogen and oxygen atoms in total. The molecule has 2 heterocycles. The summed E-state index contributed by atoms with van der Waals surface area (Å²) in [4.78, 5) is 21.4. The van der Waals surface area contributed by atoms with Crippen molar-refractivity contribution < 1.29 is 13.2 Å². The quantitative estimate of drug-likeness (QED) is 0.464. The summed E-state index contributed by atoms with van der Waals surface area (Å²) < 4.78 is 28.6. The van der Waals surface area contributed by atoms with Gasteiger partial charge >= 0.3 is 0 Å². The summed E-state index contributed by atoms with van der Waals surface area (Å²) in [5, 5.41) is 2.80. The number of hydrogen-bond acceptors (Lipinski definition) is 5. The number of hydrogen-bond donors (Lipinski definition) is 2. The Hall–Kier alpha value is -3.56. The van der Waals surface area contributed by atoms with Crippen LogP contribution in [-0.4, -0.2) is 35.4 Å². The molecule has 158 valence electrons. The highest BCUT2D eigenvalue weighted by atomic mass is 32.2. The fourth-order valence-corrected chi connectivity index (χ4v) is 4.25. The average molecular weight is 436 g/mol. The summed E-state index contributed by atoms with van der Waals surface area (Å²) in [7, 11) is -3.62. The predicted molar refractivity (Wildman–Crippen MR) is 117 cm³/mol. The van der Waals surface area contributed by atoms with Crippen molar-refractivity contribution in [2.45, 2.75) is 18.4 Å². The number of para-hydroxylation sites is 2. The molecule has 0 saturated heterocycles. The number of rotatable bonds is 7. The third-order valence-electron chi connectivity index (χ3n) is 4.70. The molecular formula is C22H21N5O3S. The lowest BCUT2D eigenvalue weighted by atomic mass is 10.2. The van der Waals surface area contributed by atoms with E-state index < -0.39 is 10.0 Å². The third-order valence-corrected chi connectivity index (χ3v) is 6.25. The van der Waals surface area contributed by atoms with E-state index in [1.165, 1.54) is 12.1 Å². The number of carbonyl (C=O) groups is 1. The minimum Gasteiger partial charge on any atom is -0.348 e. The molecule has 0 aliphatic rings. The molecule has 0 radical (unpaired) electrons. The van der Waals surface area contributed by atoms with Gasteiger partial charge in [-0.2, -0.15) is 0 Å². The first kappa shape index (κ1) is 20.7. The van der Waals surface area contributed by atoms with E-state index in [1.54, 1.807) is 31.6 Å². The number of sulfonamides is 1. The van der Waals surface area contributed by atoms with Crippen LogP contribution in [0.4, 0.5) is 0 Å². The molecule has 0 fully saturated rings. The zero-order valence-corrected chi connectivity index (χ0v) is 17.6. The summed E-state index contributed by atoms with van der Waals surface area (Å²) in [6, 6.07) is 17.5. The molecule has 0 bridgehead atoms. The van der Waals surface area contributed by atoms with E-state index in [-0.39, 0.29) is 29.5 Å². The minimum absolute atomic E-state index is 0.0561. The van der Waals surface area contributed by atoms with Gasteiger partial charge in [-0.15, -0.1) is 0 Å². The van der Waals surface area contributed by atoms with Gasteiger partial charge in [0.25, 0.3) is 5.91 Å². The number of nitrogens with zero attached hydrogens (tertiary/aromatic N) is 3. The van der Waals surface area contributed by atoms with Crippen LogP contribution in [0.3, 0.4) is 0 Å². The summed E-state index contributed by atoms with van der Waals surface area (Å²) >= 11 is 0. The fourth-order valence-electron chi connectivity index (χ4n) is 3.17. The van der Waals surface area contributed by atoms with Gasteiger partial charge < -0.3 is 5.32 Å². The smallest absolute Gasteiger partial charge is 0.251 e. The topological polar surface area (TPSA) is 106 Å². The number of benzene rings is 2. The second-order valence-corrected chi connectivity index (χ2v) is 8.61.